The van der Waals surface area contributed by atoms with Gasteiger partial charge in [-0.2, -0.15) is 0 Å². The number of benzene rings is 4. The van der Waals surface area contributed by atoms with E-state index in [0.717, 1.165) is 16.8 Å². The fraction of sp³-hybridized carbons (Fsp3) is 0.129. The lowest BCUT2D eigenvalue weighted by Crippen LogP contribution is -2.26. The van der Waals surface area contributed by atoms with Crippen LogP contribution in [0.25, 0.3) is 0 Å². The summed E-state index contributed by atoms with van der Waals surface area (Å²) in [5, 5.41) is 11.7. The molecule has 0 aliphatic carbocycles. The molecule has 7 heteroatoms. The smallest absolute Gasteiger partial charge is 0.251 e. The van der Waals surface area contributed by atoms with E-state index in [9.17, 15) is 14.4 Å². The SMILES string of the molecule is CC(NC(=O)c1ccc(NCC(=O)Nc2ccc(C(=O)NCc3ccccc3)cc2)cc1)c1ccccc1. The zero-order chi connectivity index (χ0) is 26.7. The van der Waals surface area contributed by atoms with E-state index in [4.69, 9.17) is 0 Å². The molecule has 4 rings (SSSR count). The highest BCUT2D eigenvalue weighted by Gasteiger charge is 2.12. The van der Waals surface area contributed by atoms with Crippen LogP contribution < -0.4 is 21.3 Å². The Morgan fingerprint density at radius 3 is 1.84 bits per heavy atom. The maximum atomic E-state index is 12.6. The van der Waals surface area contributed by atoms with Gasteiger partial charge in [0, 0.05) is 29.0 Å². The first-order chi connectivity index (χ1) is 18.5. The molecule has 4 aromatic rings. The average Bonchev–Trinajstić information content (AvgIpc) is 2.96. The summed E-state index contributed by atoms with van der Waals surface area (Å²) in [5.41, 5.74) is 4.42. The molecule has 0 fully saturated rings. The minimum Gasteiger partial charge on any atom is -0.376 e. The minimum absolute atomic E-state index is 0.0515. The Kier molecular flexibility index (Phi) is 8.86. The van der Waals surface area contributed by atoms with Gasteiger partial charge >= 0.3 is 0 Å². The van der Waals surface area contributed by atoms with Crippen LogP contribution in [0.15, 0.2) is 109 Å². The zero-order valence-corrected chi connectivity index (χ0v) is 21.1. The summed E-state index contributed by atoms with van der Waals surface area (Å²) in [6, 6.07) is 33.0. The number of carbonyl (C=O) groups is 3. The van der Waals surface area contributed by atoms with Gasteiger partial charge in [0.25, 0.3) is 11.8 Å². The summed E-state index contributed by atoms with van der Waals surface area (Å²) in [7, 11) is 0. The van der Waals surface area contributed by atoms with Crippen LogP contribution in [0, 0.1) is 0 Å². The van der Waals surface area contributed by atoms with Crippen LogP contribution in [0.4, 0.5) is 11.4 Å². The normalized spacial score (nSPS) is 11.2. The van der Waals surface area contributed by atoms with E-state index in [1.807, 2.05) is 67.6 Å². The molecule has 1 unspecified atom stereocenters. The number of hydrogen-bond donors (Lipinski definition) is 4. The molecule has 7 nitrogen and oxygen atoms in total. The predicted octanol–water partition coefficient (Wildman–Crippen LogP) is 5.16. The van der Waals surface area contributed by atoms with Gasteiger partial charge in [0.1, 0.15) is 0 Å². The Bertz CT molecular complexity index is 1360. The monoisotopic (exact) mass is 506 g/mol. The first-order valence-corrected chi connectivity index (χ1v) is 12.4. The highest BCUT2D eigenvalue weighted by Crippen LogP contribution is 2.15. The molecular formula is C31H30N4O3. The number of carbonyl (C=O) groups excluding carboxylic acids is 3. The molecule has 0 saturated carbocycles. The Hall–Kier alpha value is -4.91. The fourth-order valence-corrected chi connectivity index (χ4v) is 3.82. The Morgan fingerprint density at radius 1 is 0.658 bits per heavy atom. The molecule has 0 spiro atoms. The van der Waals surface area contributed by atoms with Crippen molar-refractivity contribution < 1.29 is 14.4 Å². The van der Waals surface area contributed by atoms with Gasteiger partial charge < -0.3 is 21.3 Å². The zero-order valence-electron chi connectivity index (χ0n) is 21.1. The maximum Gasteiger partial charge on any atom is 0.251 e. The van der Waals surface area contributed by atoms with Crippen molar-refractivity contribution >= 4 is 29.1 Å². The first kappa shape index (κ1) is 26.2. The number of hydrogen-bond acceptors (Lipinski definition) is 4. The summed E-state index contributed by atoms with van der Waals surface area (Å²) in [4.78, 5) is 37.3. The molecule has 38 heavy (non-hydrogen) atoms. The molecule has 0 aliphatic rings. The van der Waals surface area contributed by atoms with Crippen LogP contribution in [0.3, 0.4) is 0 Å². The lowest BCUT2D eigenvalue weighted by atomic mass is 10.1. The predicted molar refractivity (Wildman–Crippen MR) is 150 cm³/mol. The summed E-state index contributed by atoms with van der Waals surface area (Å²) in [6.45, 7) is 2.44. The van der Waals surface area contributed by atoms with E-state index < -0.39 is 0 Å². The summed E-state index contributed by atoms with van der Waals surface area (Å²) in [6.07, 6.45) is 0. The van der Waals surface area contributed by atoms with Crippen molar-refractivity contribution in [2.45, 2.75) is 19.5 Å². The summed E-state index contributed by atoms with van der Waals surface area (Å²) in [5.74, 6) is -0.576. The van der Waals surface area contributed by atoms with Crippen LogP contribution in [0.1, 0.15) is 44.8 Å². The quantitative estimate of drug-likeness (QED) is 0.239. The van der Waals surface area contributed by atoms with Crippen LogP contribution >= 0.6 is 0 Å². The average molecular weight is 507 g/mol. The van der Waals surface area contributed by atoms with Crippen molar-refractivity contribution in [2.75, 3.05) is 17.2 Å². The summed E-state index contributed by atoms with van der Waals surface area (Å²) >= 11 is 0. The van der Waals surface area contributed by atoms with Gasteiger partial charge in [-0.05, 0) is 66.6 Å². The van der Waals surface area contributed by atoms with Crippen molar-refractivity contribution in [3.63, 3.8) is 0 Å². The molecule has 0 radical (unpaired) electrons. The van der Waals surface area contributed by atoms with Gasteiger partial charge in [-0.25, -0.2) is 0 Å². The first-order valence-electron chi connectivity index (χ1n) is 12.4. The molecule has 1 atom stereocenters. The fourth-order valence-electron chi connectivity index (χ4n) is 3.82. The molecule has 4 aromatic carbocycles. The van der Waals surface area contributed by atoms with E-state index in [0.29, 0.717) is 23.4 Å². The topological polar surface area (TPSA) is 99.3 Å². The maximum absolute atomic E-state index is 12.6. The largest absolute Gasteiger partial charge is 0.376 e. The van der Waals surface area contributed by atoms with Crippen LogP contribution in [0.5, 0.6) is 0 Å². The summed E-state index contributed by atoms with van der Waals surface area (Å²) < 4.78 is 0. The second-order valence-corrected chi connectivity index (χ2v) is 8.83. The molecule has 0 aromatic heterocycles. The Labute approximate surface area is 222 Å². The van der Waals surface area contributed by atoms with Crippen molar-refractivity contribution in [3.8, 4) is 0 Å². The van der Waals surface area contributed by atoms with Gasteiger partial charge in [0.2, 0.25) is 5.91 Å². The molecule has 0 heterocycles. The second kappa shape index (κ2) is 12.9. The van der Waals surface area contributed by atoms with Crippen molar-refractivity contribution in [1.82, 2.24) is 10.6 Å². The Morgan fingerprint density at radius 2 is 1.21 bits per heavy atom. The van der Waals surface area contributed by atoms with Gasteiger partial charge in [0.05, 0.1) is 12.6 Å². The van der Waals surface area contributed by atoms with Crippen molar-refractivity contribution in [2.24, 2.45) is 0 Å². The number of nitrogens with one attached hydrogen (secondary N) is 4. The molecule has 0 aliphatic heterocycles. The molecule has 0 bridgehead atoms. The second-order valence-electron chi connectivity index (χ2n) is 8.83. The van der Waals surface area contributed by atoms with E-state index in [-0.39, 0.29) is 30.3 Å². The third kappa shape index (κ3) is 7.54. The minimum atomic E-state index is -0.232. The van der Waals surface area contributed by atoms with Gasteiger partial charge in [-0.15, -0.1) is 0 Å². The van der Waals surface area contributed by atoms with Crippen LogP contribution in [-0.2, 0) is 11.3 Å². The Balaban J connectivity index is 1.21. The highest BCUT2D eigenvalue weighted by atomic mass is 16.2. The molecule has 4 N–H and O–H groups in total. The van der Waals surface area contributed by atoms with Crippen LogP contribution in [-0.4, -0.2) is 24.3 Å². The number of rotatable bonds is 10. The van der Waals surface area contributed by atoms with E-state index >= 15 is 0 Å². The molecule has 0 saturated heterocycles. The number of anilines is 2. The lowest BCUT2D eigenvalue weighted by molar-refractivity contribution is -0.114. The third-order valence-electron chi connectivity index (χ3n) is 5.97. The van der Waals surface area contributed by atoms with Gasteiger partial charge in [-0.1, -0.05) is 60.7 Å². The van der Waals surface area contributed by atoms with Gasteiger partial charge in [0.15, 0.2) is 0 Å². The number of amides is 3. The standard InChI is InChI=1S/C31H30N4O3/c1-22(24-10-6-3-7-11-24)34-31(38)26-12-16-27(17-13-26)32-21-29(36)35-28-18-14-25(15-19-28)30(37)33-20-23-8-4-2-5-9-23/h2-19,22,32H,20-21H2,1H3,(H,33,37)(H,34,38)(H,35,36). The highest BCUT2D eigenvalue weighted by molar-refractivity contribution is 5.97. The molecular weight excluding hydrogens is 476 g/mol. The van der Waals surface area contributed by atoms with Crippen LogP contribution in [0.2, 0.25) is 0 Å². The third-order valence-corrected chi connectivity index (χ3v) is 5.97. The van der Waals surface area contributed by atoms with E-state index in [2.05, 4.69) is 21.3 Å². The van der Waals surface area contributed by atoms with E-state index in [1.54, 1.807) is 48.5 Å². The molecule has 3 amide bonds. The lowest BCUT2D eigenvalue weighted by Gasteiger charge is -2.14. The van der Waals surface area contributed by atoms with Crippen molar-refractivity contribution in [1.29, 1.82) is 0 Å². The van der Waals surface area contributed by atoms with E-state index in [1.165, 1.54) is 0 Å². The van der Waals surface area contributed by atoms with Crippen molar-refractivity contribution in [3.05, 3.63) is 131 Å². The van der Waals surface area contributed by atoms with Gasteiger partial charge in [-0.3, -0.25) is 14.4 Å². The molecule has 192 valence electrons.